The monoisotopic (exact) mass is 265 g/mol. The third kappa shape index (κ3) is 3.54. The van der Waals surface area contributed by atoms with E-state index in [4.69, 9.17) is 9.26 Å². The molecule has 0 N–H and O–H groups in total. The molecule has 0 unspecified atom stereocenters. The van der Waals surface area contributed by atoms with E-state index >= 15 is 0 Å². The van der Waals surface area contributed by atoms with Crippen molar-refractivity contribution >= 4 is 0 Å². The lowest BCUT2D eigenvalue weighted by atomic mass is 10.1. The van der Waals surface area contributed by atoms with E-state index in [0.29, 0.717) is 5.92 Å². The molecule has 5 nitrogen and oxygen atoms in total. The number of piperidine rings is 1. The number of hydrogen-bond donors (Lipinski definition) is 0. The second kappa shape index (κ2) is 6.48. The summed E-state index contributed by atoms with van der Waals surface area (Å²) in [6, 6.07) is 0. The minimum Gasteiger partial charge on any atom is -0.381 e. The lowest BCUT2D eigenvalue weighted by Crippen LogP contribution is -2.30. The van der Waals surface area contributed by atoms with E-state index in [9.17, 15) is 0 Å². The molecule has 2 fully saturated rings. The van der Waals surface area contributed by atoms with Crippen molar-refractivity contribution in [3.63, 3.8) is 0 Å². The molecule has 19 heavy (non-hydrogen) atoms. The minimum absolute atomic E-state index is 0.347. The quantitative estimate of drug-likeness (QED) is 0.815. The molecule has 2 aliphatic rings. The van der Waals surface area contributed by atoms with Gasteiger partial charge in [0.15, 0.2) is 5.82 Å². The number of nitrogens with zero attached hydrogens (tertiary/aromatic N) is 3. The summed E-state index contributed by atoms with van der Waals surface area (Å²) >= 11 is 0. The Morgan fingerprint density at radius 3 is 2.89 bits per heavy atom. The average molecular weight is 265 g/mol. The van der Waals surface area contributed by atoms with E-state index in [-0.39, 0.29) is 0 Å². The summed E-state index contributed by atoms with van der Waals surface area (Å²) in [5.74, 6) is 1.98. The lowest BCUT2D eigenvalue weighted by molar-refractivity contribution is 0.192. The van der Waals surface area contributed by atoms with Gasteiger partial charge in [0.1, 0.15) is 0 Å². The summed E-state index contributed by atoms with van der Waals surface area (Å²) in [4.78, 5) is 7.05. The molecule has 1 aromatic heterocycles. The molecule has 0 saturated carbocycles. The highest BCUT2D eigenvalue weighted by Crippen LogP contribution is 2.22. The van der Waals surface area contributed by atoms with Gasteiger partial charge in [0.2, 0.25) is 5.89 Å². The molecule has 3 rings (SSSR count). The van der Waals surface area contributed by atoms with Gasteiger partial charge in [-0.15, -0.1) is 0 Å². The van der Waals surface area contributed by atoms with Gasteiger partial charge in [-0.05, 0) is 45.3 Å². The molecular formula is C14H23N3O2. The largest absolute Gasteiger partial charge is 0.381 e. The Labute approximate surface area is 114 Å². The maximum absolute atomic E-state index is 5.35. The third-order valence-electron chi connectivity index (χ3n) is 4.09. The molecule has 0 radical (unpaired) electrons. The van der Waals surface area contributed by atoms with E-state index < -0.39 is 0 Å². The highest BCUT2D eigenvalue weighted by Gasteiger charge is 2.23. The van der Waals surface area contributed by atoms with Crippen molar-refractivity contribution in [3.05, 3.63) is 11.7 Å². The third-order valence-corrected chi connectivity index (χ3v) is 4.09. The number of ether oxygens (including phenoxy) is 1. The van der Waals surface area contributed by atoms with Gasteiger partial charge in [-0.1, -0.05) is 11.6 Å². The van der Waals surface area contributed by atoms with Crippen LogP contribution in [-0.2, 0) is 11.2 Å². The molecule has 0 aromatic carbocycles. The predicted octanol–water partition coefficient (Wildman–Crippen LogP) is 1.99. The Morgan fingerprint density at radius 2 is 2.11 bits per heavy atom. The molecule has 2 aliphatic heterocycles. The van der Waals surface area contributed by atoms with Gasteiger partial charge in [-0.25, -0.2) is 0 Å². The number of rotatable bonds is 5. The smallest absolute Gasteiger partial charge is 0.226 e. The molecule has 5 heteroatoms. The van der Waals surface area contributed by atoms with Gasteiger partial charge in [-0.2, -0.15) is 4.98 Å². The van der Waals surface area contributed by atoms with Gasteiger partial charge in [0, 0.05) is 18.9 Å². The van der Waals surface area contributed by atoms with Crippen molar-refractivity contribution in [2.45, 2.75) is 44.4 Å². The van der Waals surface area contributed by atoms with Crippen LogP contribution in [0.4, 0.5) is 0 Å². The SMILES string of the molecule is C1CCN(CCCc2nc([C@@H]3CCOC3)no2)CC1. The number of likely N-dealkylation sites (tertiary alicyclic amines) is 1. The Morgan fingerprint density at radius 1 is 1.21 bits per heavy atom. The van der Waals surface area contributed by atoms with Crippen LogP contribution in [0.5, 0.6) is 0 Å². The summed E-state index contributed by atoms with van der Waals surface area (Å²) in [6.45, 7) is 5.24. The number of aromatic nitrogens is 2. The maximum atomic E-state index is 5.35. The Kier molecular flexibility index (Phi) is 4.45. The van der Waals surface area contributed by atoms with Crippen LogP contribution in [0.2, 0.25) is 0 Å². The van der Waals surface area contributed by atoms with E-state index in [1.807, 2.05) is 0 Å². The average Bonchev–Trinajstić information content (AvgIpc) is 3.10. The van der Waals surface area contributed by atoms with Crippen LogP contribution in [-0.4, -0.2) is 47.9 Å². The standard InChI is InChI=1S/C14H23N3O2/c1-2-7-17(8-3-1)9-4-5-13-15-14(16-19-13)12-6-10-18-11-12/h12H,1-11H2/t12-/m1/s1. The first kappa shape index (κ1) is 13.1. The predicted molar refractivity (Wildman–Crippen MR) is 71.1 cm³/mol. The van der Waals surface area contributed by atoms with E-state index in [2.05, 4.69) is 15.0 Å². The second-order valence-electron chi connectivity index (χ2n) is 5.61. The van der Waals surface area contributed by atoms with Crippen molar-refractivity contribution in [2.75, 3.05) is 32.8 Å². The first-order valence-electron chi connectivity index (χ1n) is 7.54. The minimum atomic E-state index is 0.347. The van der Waals surface area contributed by atoms with Crippen molar-refractivity contribution < 1.29 is 9.26 Å². The molecular weight excluding hydrogens is 242 g/mol. The molecule has 2 saturated heterocycles. The number of aryl methyl sites for hydroxylation is 1. The molecule has 1 atom stereocenters. The summed E-state index contributed by atoms with van der Waals surface area (Å²) in [5, 5.41) is 4.08. The number of hydrogen-bond acceptors (Lipinski definition) is 5. The zero-order valence-corrected chi connectivity index (χ0v) is 11.5. The molecule has 106 valence electrons. The van der Waals surface area contributed by atoms with E-state index in [1.165, 1.54) is 32.4 Å². The lowest BCUT2D eigenvalue weighted by Gasteiger charge is -2.25. The fraction of sp³-hybridized carbons (Fsp3) is 0.857. The highest BCUT2D eigenvalue weighted by molar-refractivity contribution is 4.97. The van der Waals surface area contributed by atoms with Crippen molar-refractivity contribution in [3.8, 4) is 0 Å². The van der Waals surface area contributed by atoms with Crippen molar-refractivity contribution in [2.24, 2.45) is 0 Å². The van der Waals surface area contributed by atoms with Crippen LogP contribution in [0.3, 0.4) is 0 Å². The highest BCUT2D eigenvalue weighted by atomic mass is 16.5. The first-order valence-corrected chi connectivity index (χ1v) is 7.54. The zero-order chi connectivity index (χ0) is 12.9. The topological polar surface area (TPSA) is 51.4 Å². The van der Waals surface area contributed by atoms with E-state index in [1.54, 1.807) is 0 Å². The molecule has 3 heterocycles. The molecule has 1 aromatic rings. The summed E-state index contributed by atoms with van der Waals surface area (Å²) < 4.78 is 10.7. The normalized spacial score (nSPS) is 24.9. The molecule has 0 spiro atoms. The molecule has 0 aliphatic carbocycles. The second-order valence-corrected chi connectivity index (χ2v) is 5.61. The maximum Gasteiger partial charge on any atom is 0.226 e. The van der Waals surface area contributed by atoms with Crippen molar-refractivity contribution in [1.29, 1.82) is 0 Å². The van der Waals surface area contributed by atoms with Crippen LogP contribution in [0.15, 0.2) is 4.52 Å². The Hall–Kier alpha value is -0.940. The molecule has 0 bridgehead atoms. The van der Waals surface area contributed by atoms with Crippen LogP contribution in [0.25, 0.3) is 0 Å². The summed E-state index contributed by atoms with van der Waals surface area (Å²) in [7, 11) is 0. The Bertz CT molecular complexity index is 382. The fourth-order valence-electron chi connectivity index (χ4n) is 2.91. The van der Waals surface area contributed by atoms with Gasteiger partial charge in [0.05, 0.1) is 6.61 Å². The van der Waals surface area contributed by atoms with Gasteiger partial charge < -0.3 is 14.2 Å². The fourth-order valence-corrected chi connectivity index (χ4v) is 2.91. The summed E-state index contributed by atoms with van der Waals surface area (Å²) in [5.41, 5.74) is 0. The van der Waals surface area contributed by atoms with Gasteiger partial charge in [-0.3, -0.25) is 0 Å². The van der Waals surface area contributed by atoms with Crippen LogP contribution < -0.4 is 0 Å². The summed E-state index contributed by atoms with van der Waals surface area (Å²) in [6.07, 6.45) is 7.14. The zero-order valence-electron chi connectivity index (χ0n) is 11.5. The Balaban J connectivity index is 1.42. The first-order chi connectivity index (χ1) is 9.42. The van der Waals surface area contributed by atoms with Crippen LogP contribution in [0.1, 0.15) is 49.7 Å². The molecule has 0 amide bonds. The van der Waals surface area contributed by atoms with Crippen LogP contribution >= 0.6 is 0 Å². The van der Waals surface area contributed by atoms with Gasteiger partial charge in [0.25, 0.3) is 0 Å². The van der Waals surface area contributed by atoms with Crippen molar-refractivity contribution in [1.82, 2.24) is 15.0 Å². The van der Waals surface area contributed by atoms with Crippen LogP contribution in [0, 0.1) is 0 Å². The van der Waals surface area contributed by atoms with Gasteiger partial charge >= 0.3 is 0 Å². The van der Waals surface area contributed by atoms with E-state index in [0.717, 1.165) is 50.7 Å².